The molecule has 0 aromatic heterocycles. The van der Waals surface area contributed by atoms with Crippen molar-refractivity contribution in [1.82, 2.24) is 5.32 Å². The molecular formula is C17H22ClNOS. The van der Waals surface area contributed by atoms with E-state index in [1.54, 1.807) is 11.8 Å². The van der Waals surface area contributed by atoms with Crippen molar-refractivity contribution in [1.29, 1.82) is 0 Å². The fourth-order valence-electron chi connectivity index (χ4n) is 3.83. The summed E-state index contributed by atoms with van der Waals surface area (Å²) in [6.07, 6.45) is 6.17. The van der Waals surface area contributed by atoms with Gasteiger partial charge < -0.3 is 5.32 Å². The fraction of sp³-hybridized carbons (Fsp3) is 0.588. The van der Waals surface area contributed by atoms with E-state index in [-0.39, 0.29) is 5.91 Å². The van der Waals surface area contributed by atoms with Crippen LogP contribution in [0.15, 0.2) is 29.2 Å². The molecule has 21 heavy (non-hydrogen) atoms. The molecule has 3 rings (SSSR count). The molecule has 2 saturated carbocycles. The maximum Gasteiger partial charge on any atom is 0.220 e. The third-order valence-corrected chi connectivity index (χ3v) is 6.10. The third kappa shape index (κ3) is 4.17. The fourth-order valence-corrected chi connectivity index (χ4v) is 4.72. The molecule has 1 aromatic carbocycles. The Morgan fingerprint density at radius 2 is 2.05 bits per heavy atom. The van der Waals surface area contributed by atoms with Crippen molar-refractivity contribution in [3.63, 3.8) is 0 Å². The highest BCUT2D eigenvalue weighted by Gasteiger charge is 2.39. The normalized spacial score (nSPS) is 27.0. The Balaban J connectivity index is 1.32. The molecular weight excluding hydrogens is 302 g/mol. The van der Waals surface area contributed by atoms with Crippen molar-refractivity contribution in [2.24, 2.45) is 17.8 Å². The quantitative estimate of drug-likeness (QED) is 0.622. The summed E-state index contributed by atoms with van der Waals surface area (Å²) in [4.78, 5) is 13.2. The molecule has 2 fully saturated rings. The van der Waals surface area contributed by atoms with Gasteiger partial charge in [-0.15, -0.1) is 11.8 Å². The second-order valence-electron chi connectivity index (χ2n) is 6.29. The smallest absolute Gasteiger partial charge is 0.220 e. The summed E-state index contributed by atoms with van der Waals surface area (Å²) in [6, 6.07) is 7.84. The highest BCUT2D eigenvalue weighted by atomic mass is 35.5. The SMILES string of the molecule is O=C(C[C@@H]1C[C@H]2CC[C@@H]1C2)NCCSc1ccc(Cl)cc1. The van der Waals surface area contributed by atoms with Crippen LogP contribution in [0.5, 0.6) is 0 Å². The number of nitrogens with one attached hydrogen (secondary N) is 1. The first-order chi connectivity index (χ1) is 10.2. The number of benzene rings is 1. The van der Waals surface area contributed by atoms with Gasteiger partial charge in [-0.3, -0.25) is 4.79 Å². The van der Waals surface area contributed by atoms with Crippen LogP contribution in [0.3, 0.4) is 0 Å². The van der Waals surface area contributed by atoms with Crippen LogP contribution in [-0.2, 0) is 4.79 Å². The third-order valence-electron chi connectivity index (χ3n) is 4.84. The van der Waals surface area contributed by atoms with Crippen molar-refractivity contribution in [2.45, 2.75) is 37.0 Å². The number of carbonyl (C=O) groups excluding carboxylic acids is 1. The zero-order chi connectivity index (χ0) is 14.7. The van der Waals surface area contributed by atoms with Crippen LogP contribution >= 0.6 is 23.4 Å². The van der Waals surface area contributed by atoms with E-state index in [2.05, 4.69) is 5.32 Å². The molecule has 0 saturated heterocycles. The Bertz CT molecular complexity index is 490. The molecule has 0 heterocycles. The number of thioether (sulfide) groups is 1. The molecule has 114 valence electrons. The van der Waals surface area contributed by atoms with E-state index in [0.29, 0.717) is 5.92 Å². The first kappa shape index (κ1) is 15.2. The first-order valence-electron chi connectivity index (χ1n) is 7.86. The summed E-state index contributed by atoms with van der Waals surface area (Å²) in [5, 5.41) is 3.83. The van der Waals surface area contributed by atoms with Gasteiger partial charge >= 0.3 is 0 Å². The van der Waals surface area contributed by atoms with E-state index in [1.807, 2.05) is 24.3 Å². The van der Waals surface area contributed by atoms with Crippen LogP contribution in [0.4, 0.5) is 0 Å². The largest absolute Gasteiger partial charge is 0.355 e. The van der Waals surface area contributed by atoms with E-state index in [9.17, 15) is 4.79 Å². The minimum absolute atomic E-state index is 0.240. The molecule has 2 aliphatic carbocycles. The minimum atomic E-state index is 0.240. The summed E-state index contributed by atoms with van der Waals surface area (Å²) < 4.78 is 0. The predicted octanol–water partition coefficient (Wildman–Crippen LogP) is 4.37. The van der Waals surface area contributed by atoms with E-state index in [1.165, 1.54) is 30.6 Å². The molecule has 2 bridgehead atoms. The van der Waals surface area contributed by atoms with Crippen LogP contribution in [0.2, 0.25) is 5.02 Å². The van der Waals surface area contributed by atoms with Gasteiger partial charge in [0, 0.05) is 28.6 Å². The monoisotopic (exact) mass is 323 g/mol. The standard InChI is InChI=1S/C17H22ClNOS/c18-15-3-5-16(6-4-15)21-8-7-19-17(20)11-14-10-12-1-2-13(14)9-12/h3-6,12-14H,1-2,7-11H2,(H,19,20)/t12-,13+,14-/m0/s1. The van der Waals surface area contributed by atoms with Crippen LogP contribution in [0.25, 0.3) is 0 Å². The molecule has 1 N–H and O–H groups in total. The molecule has 2 aliphatic rings. The summed E-state index contributed by atoms with van der Waals surface area (Å²) in [6.45, 7) is 0.743. The lowest BCUT2D eigenvalue weighted by Crippen LogP contribution is -2.29. The minimum Gasteiger partial charge on any atom is -0.355 e. The average Bonchev–Trinajstić information content (AvgIpc) is 3.08. The second-order valence-corrected chi connectivity index (χ2v) is 7.90. The van der Waals surface area contributed by atoms with E-state index < -0.39 is 0 Å². The Labute approximate surface area is 136 Å². The first-order valence-corrected chi connectivity index (χ1v) is 9.22. The number of halogens is 1. The van der Waals surface area contributed by atoms with Gasteiger partial charge in [-0.2, -0.15) is 0 Å². The number of carbonyl (C=O) groups is 1. The molecule has 1 aromatic rings. The Morgan fingerprint density at radius 1 is 1.24 bits per heavy atom. The molecule has 2 nitrogen and oxygen atoms in total. The molecule has 0 radical (unpaired) electrons. The summed E-state index contributed by atoms with van der Waals surface area (Å²) in [7, 11) is 0. The molecule has 0 unspecified atom stereocenters. The van der Waals surface area contributed by atoms with E-state index in [0.717, 1.165) is 35.6 Å². The van der Waals surface area contributed by atoms with Crippen molar-refractivity contribution >= 4 is 29.3 Å². The van der Waals surface area contributed by atoms with Gasteiger partial charge in [-0.25, -0.2) is 0 Å². The topological polar surface area (TPSA) is 29.1 Å². The number of hydrogen-bond donors (Lipinski definition) is 1. The Kier molecular flexibility index (Phi) is 5.12. The van der Waals surface area contributed by atoms with Crippen LogP contribution in [-0.4, -0.2) is 18.2 Å². The highest BCUT2D eigenvalue weighted by Crippen LogP contribution is 2.49. The Hall–Kier alpha value is -0.670. The van der Waals surface area contributed by atoms with Crippen LogP contribution < -0.4 is 5.32 Å². The van der Waals surface area contributed by atoms with Crippen molar-refractivity contribution in [3.05, 3.63) is 29.3 Å². The van der Waals surface area contributed by atoms with Crippen LogP contribution in [0, 0.1) is 17.8 Å². The van der Waals surface area contributed by atoms with Gasteiger partial charge in [0.2, 0.25) is 5.91 Å². The van der Waals surface area contributed by atoms with Gasteiger partial charge in [0.1, 0.15) is 0 Å². The zero-order valence-electron chi connectivity index (χ0n) is 12.2. The summed E-state index contributed by atoms with van der Waals surface area (Å²) in [5.74, 6) is 3.57. The van der Waals surface area contributed by atoms with Crippen molar-refractivity contribution in [3.8, 4) is 0 Å². The molecule has 1 amide bonds. The summed E-state index contributed by atoms with van der Waals surface area (Å²) >= 11 is 7.61. The van der Waals surface area contributed by atoms with Crippen LogP contribution in [0.1, 0.15) is 32.1 Å². The maximum absolute atomic E-state index is 12.0. The lowest BCUT2D eigenvalue weighted by Gasteiger charge is -2.20. The highest BCUT2D eigenvalue weighted by molar-refractivity contribution is 7.99. The number of rotatable bonds is 6. The summed E-state index contributed by atoms with van der Waals surface area (Å²) in [5.41, 5.74) is 0. The number of fused-ring (bicyclic) bond motifs is 2. The molecule has 4 heteroatoms. The van der Waals surface area contributed by atoms with Gasteiger partial charge in [0.05, 0.1) is 0 Å². The lowest BCUT2D eigenvalue weighted by atomic mass is 9.86. The molecule has 3 atom stereocenters. The average molecular weight is 324 g/mol. The van der Waals surface area contributed by atoms with E-state index >= 15 is 0 Å². The van der Waals surface area contributed by atoms with Gasteiger partial charge in [0.25, 0.3) is 0 Å². The van der Waals surface area contributed by atoms with Crippen molar-refractivity contribution in [2.75, 3.05) is 12.3 Å². The van der Waals surface area contributed by atoms with E-state index in [4.69, 9.17) is 11.6 Å². The number of amides is 1. The Morgan fingerprint density at radius 3 is 2.71 bits per heavy atom. The lowest BCUT2D eigenvalue weighted by molar-refractivity contribution is -0.122. The maximum atomic E-state index is 12.0. The molecule has 0 spiro atoms. The predicted molar refractivity (Wildman–Crippen MR) is 88.7 cm³/mol. The van der Waals surface area contributed by atoms with Gasteiger partial charge in [-0.05, 0) is 61.3 Å². The van der Waals surface area contributed by atoms with Crippen molar-refractivity contribution < 1.29 is 4.79 Å². The number of hydrogen-bond acceptors (Lipinski definition) is 2. The zero-order valence-corrected chi connectivity index (χ0v) is 13.8. The second kappa shape index (κ2) is 7.06. The van der Waals surface area contributed by atoms with Gasteiger partial charge in [0.15, 0.2) is 0 Å². The molecule has 0 aliphatic heterocycles. The van der Waals surface area contributed by atoms with Gasteiger partial charge in [-0.1, -0.05) is 18.0 Å².